The van der Waals surface area contributed by atoms with Gasteiger partial charge in [0, 0.05) is 24.6 Å². The maximum Gasteiger partial charge on any atom is 0.417 e. The van der Waals surface area contributed by atoms with Crippen molar-refractivity contribution in [3.63, 3.8) is 0 Å². The van der Waals surface area contributed by atoms with E-state index in [2.05, 4.69) is 15.0 Å². The molecule has 172 valence electrons. The molecule has 4 heterocycles. The number of aromatic amines is 1. The van der Waals surface area contributed by atoms with E-state index in [0.29, 0.717) is 31.9 Å². The van der Waals surface area contributed by atoms with E-state index < -0.39 is 23.7 Å². The number of H-pyrrole nitrogens is 1. The van der Waals surface area contributed by atoms with Gasteiger partial charge in [-0.3, -0.25) is 19.6 Å². The van der Waals surface area contributed by atoms with Crippen LogP contribution < -0.4 is 9.64 Å². The zero-order valence-electron chi connectivity index (χ0n) is 17.4. The summed E-state index contributed by atoms with van der Waals surface area (Å²) in [5.74, 6) is 0.297. The lowest BCUT2D eigenvalue weighted by Gasteiger charge is -2.33. The monoisotopic (exact) mass is 459 g/mol. The van der Waals surface area contributed by atoms with Gasteiger partial charge in [0.1, 0.15) is 17.9 Å². The van der Waals surface area contributed by atoms with Crippen LogP contribution in [0.5, 0.6) is 5.75 Å². The van der Waals surface area contributed by atoms with Crippen LogP contribution in [0.15, 0.2) is 43.0 Å². The van der Waals surface area contributed by atoms with Crippen molar-refractivity contribution in [2.45, 2.75) is 44.0 Å². The highest BCUT2D eigenvalue weighted by Crippen LogP contribution is 2.34. The normalized spacial score (nSPS) is 21.8. The van der Waals surface area contributed by atoms with Gasteiger partial charge in [0.05, 0.1) is 28.9 Å². The molecule has 33 heavy (non-hydrogen) atoms. The molecule has 3 amide bonds. The van der Waals surface area contributed by atoms with Crippen LogP contribution in [-0.2, 0) is 11.0 Å². The molecule has 1 saturated carbocycles. The first kappa shape index (κ1) is 21.2. The Morgan fingerprint density at radius 3 is 2.64 bits per heavy atom. The van der Waals surface area contributed by atoms with Gasteiger partial charge >= 0.3 is 12.2 Å². The Bertz CT molecular complexity index is 1200. The molecule has 3 aromatic rings. The van der Waals surface area contributed by atoms with Crippen LogP contribution in [0.25, 0.3) is 11.0 Å². The van der Waals surface area contributed by atoms with Gasteiger partial charge in [-0.25, -0.2) is 9.78 Å². The number of aromatic nitrogens is 3. The van der Waals surface area contributed by atoms with Crippen molar-refractivity contribution in [1.29, 1.82) is 0 Å². The number of halogens is 3. The van der Waals surface area contributed by atoms with Crippen LogP contribution in [0.3, 0.4) is 0 Å². The fourth-order valence-corrected chi connectivity index (χ4v) is 4.45. The first-order valence-corrected chi connectivity index (χ1v) is 10.6. The number of hydrogen-bond acceptors (Lipinski definition) is 5. The summed E-state index contributed by atoms with van der Waals surface area (Å²) in [5, 5.41) is 0.884. The minimum atomic E-state index is -4.59. The van der Waals surface area contributed by atoms with Gasteiger partial charge in [-0.1, -0.05) is 0 Å². The molecule has 1 aliphatic heterocycles. The second-order valence-electron chi connectivity index (χ2n) is 8.16. The fourth-order valence-electron chi connectivity index (χ4n) is 4.45. The van der Waals surface area contributed by atoms with E-state index >= 15 is 0 Å². The maximum absolute atomic E-state index is 13.0. The summed E-state index contributed by atoms with van der Waals surface area (Å²) in [5.41, 5.74) is -0.279. The Morgan fingerprint density at radius 2 is 1.88 bits per heavy atom. The molecular formula is C22H20F3N5O3. The average molecular weight is 459 g/mol. The summed E-state index contributed by atoms with van der Waals surface area (Å²) < 4.78 is 45.2. The van der Waals surface area contributed by atoms with Crippen LogP contribution in [0.1, 0.15) is 31.2 Å². The third kappa shape index (κ3) is 3.98. The number of fused-ring (bicyclic) bond motifs is 1. The summed E-state index contributed by atoms with van der Waals surface area (Å²) in [4.78, 5) is 38.7. The molecule has 0 bridgehead atoms. The van der Waals surface area contributed by atoms with Crippen molar-refractivity contribution in [3.05, 3.63) is 48.5 Å². The molecule has 1 N–H and O–H groups in total. The molecular weight excluding hydrogens is 439 g/mol. The summed E-state index contributed by atoms with van der Waals surface area (Å²) in [6, 6.07) is 3.59. The van der Waals surface area contributed by atoms with Crippen molar-refractivity contribution in [2.24, 2.45) is 0 Å². The van der Waals surface area contributed by atoms with Crippen molar-refractivity contribution in [1.82, 2.24) is 19.9 Å². The van der Waals surface area contributed by atoms with E-state index in [9.17, 15) is 22.8 Å². The second-order valence-corrected chi connectivity index (χ2v) is 8.16. The number of pyridine rings is 2. The molecule has 0 spiro atoms. The van der Waals surface area contributed by atoms with Gasteiger partial charge in [0.25, 0.3) is 5.91 Å². The lowest BCUT2D eigenvalue weighted by molar-refractivity contribution is -0.137. The van der Waals surface area contributed by atoms with E-state index in [1.54, 1.807) is 18.5 Å². The Balaban J connectivity index is 1.25. The predicted octanol–water partition coefficient (Wildman–Crippen LogP) is 4.14. The van der Waals surface area contributed by atoms with Crippen LogP contribution in [0.4, 0.5) is 23.7 Å². The number of hydrogen-bond donors (Lipinski definition) is 1. The highest BCUT2D eigenvalue weighted by atomic mass is 19.4. The molecule has 0 aromatic carbocycles. The van der Waals surface area contributed by atoms with E-state index in [-0.39, 0.29) is 24.4 Å². The predicted molar refractivity (Wildman–Crippen MR) is 112 cm³/mol. The Morgan fingerprint density at radius 1 is 1.09 bits per heavy atom. The third-order valence-corrected chi connectivity index (χ3v) is 6.08. The first-order valence-electron chi connectivity index (χ1n) is 10.6. The Hall–Kier alpha value is -3.63. The largest absolute Gasteiger partial charge is 0.490 e. The number of urea groups is 1. The number of nitrogens with zero attached hydrogens (tertiary/aromatic N) is 4. The van der Waals surface area contributed by atoms with Gasteiger partial charge in [-0.2, -0.15) is 13.2 Å². The highest BCUT2D eigenvalue weighted by molar-refractivity contribution is 6.12. The summed E-state index contributed by atoms with van der Waals surface area (Å²) in [6.45, 7) is -0.305. The lowest BCUT2D eigenvalue weighted by Crippen LogP contribution is -2.44. The van der Waals surface area contributed by atoms with Crippen LogP contribution in [-0.4, -0.2) is 50.5 Å². The number of anilines is 1. The number of alkyl halides is 3. The maximum atomic E-state index is 13.0. The molecule has 2 fully saturated rings. The third-order valence-electron chi connectivity index (χ3n) is 6.08. The van der Waals surface area contributed by atoms with Gasteiger partial charge < -0.3 is 9.72 Å². The molecule has 5 rings (SSSR count). The fraction of sp³-hybridized carbons (Fsp3) is 0.364. The summed E-state index contributed by atoms with van der Waals surface area (Å²) >= 11 is 0. The molecule has 1 saturated heterocycles. The van der Waals surface area contributed by atoms with Gasteiger partial charge in [0.15, 0.2) is 0 Å². The van der Waals surface area contributed by atoms with Crippen molar-refractivity contribution < 1.29 is 27.5 Å². The lowest BCUT2D eigenvalue weighted by atomic mass is 9.92. The number of imide groups is 1. The van der Waals surface area contributed by atoms with E-state index in [1.807, 2.05) is 6.07 Å². The van der Waals surface area contributed by atoms with Crippen LogP contribution in [0.2, 0.25) is 0 Å². The molecule has 8 nitrogen and oxygen atoms in total. The first-order chi connectivity index (χ1) is 15.8. The molecule has 0 unspecified atom stereocenters. The smallest absolute Gasteiger partial charge is 0.417 e. The summed E-state index contributed by atoms with van der Waals surface area (Å²) in [7, 11) is 0. The van der Waals surface area contributed by atoms with E-state index in [0.717, 1.165) is 33.9 Å². The SMILES string of the molecule is O=C1CN(c2cncc(C(F)(F)F)c2)C(=O)N1C1CCC(Oc2ccnc3[nH]ccc23)CC1. The van der Waals surface area contributed by atoms with Crippen molar-refractivity contribution in [3.8, 4) is 5.75 Å². The van der Waals surface area contributed by atoms with E-state index in [4.69, 9.17) is 4.74 Å². The zero-order valence-corrected chi connectivity index (χ0v) is 17.4. The highest BCUT2D eigenvalue weighted by Gasteiger charge is 2.43. The topological polar surface area (TPSA) is 91.4 Å². The Kier molecular flexibility index (Phi) is 5.18. The Labute approximate surface area is 186 Å². The van der Waals surface area contributed by atoms with Gasteiger partial charge in [0.2, 0.25) is 0 Å². The summed E-state index contributed by atoms with van der Waals surface area (Å²) in [6.07, 6.45) is 3.03. The van der Waals surface area contributed by atoms with Crippen molar-refractivity contribution in [2.75, 3.05) is 11.4 Å². The van der Waals surface area contributed by atoms with Crippen LogP contribution in [0, 0.1) is 0 Å². The molecule has 2 aliphatic rings. The minimum Gasteiger partial charge on any atom is -0.490 e. The molecule has 3 aromatic heterocycles. The van der Waals surface area contributed by atoms with Crippen molar-refractivity contribution >= 4 is 28.7 Å². The van der Waals surface area contributed by atoms with Crippen LogP contribution >= 0.6 is 0 Å². The number of ether oxygens (including phenoxy) is 1. The number of carbonyl (C=O) groups excluding carboxylic acids is 2. The quantitative estimate of drug-likeness (QED) is 0.593. The molecule has 0 atom stereocenters. The number of nitrogens with one attached hydrogen (secondary N) is 1. The van der Waals surface area contributed by atoms with Gasteiger partial charge in [-0.15, -0.1) is 0 Å². The zero-order chi connectivity index (χ0) is 23.2. The minimum absolute atomic E-state index is 0.0455. The number of amides is 3. The molecule has 0 radical (unpaired) electrons. The average Bonchev–Trinajstić information content (AvgIpc) is 3.39. The molecule has 11 heteroatoms. The van der Waals surface area contributed by atoms with E-state index in [1.165, 1.54) is 4.90 Å². The van der Waals surface area contributed by atoms with Gasteiger partial charge in [-0.05, 0) is 43.9 Å². The molecule has 1 aliphatic carbocycles. The number of carbonyl (C=O) groups is 2. The standard InChI is InChI=1S/C22H20F3N5O3/c23-22(24,25)13-9-15(11-26-10-13)29-12-19(31)30(21(29)32)14-1-3-16(4-2-14)33-18-6-8-28-20-17(18)5-7-27-20/h5-11,14,16H,1-4,12H2,(H,27,28). The second kappa shape index (κ2) is 8.05. The number of rotatable bonds is 4.